The minimum absolute atomic E-state index is 0.279. The first-order chi connectivity index (χ1) is 13.7. The Kier molecular flexibility index (Phi) is 4.12. The van der Waals surface area contributed by atoms with E-state index in [0.29, 0.717) is 12.5 Å². The molecule has 0 saturated carbocycles. The first kappa shape index (κ1) is 17.0. The van der Waals surface area contributed by atoms with E-state index >= 15 is 0 Å². The number of hydrogen-bond donors (Lipinski definition) is 1. The van der Waals surface area contributed by atoms with Crippen molar-refractivity contribution in [2.24, 2.45) is 0 Å². The highest BCUT2D eigenvalue weighted by molar-refractivity contribution is 7.18. The predicted octanol–water partition coefficient (Wildman–Crippen LogP) is 4.09. The molecule has 0 amide bonds. The van der Waals surface area contributed by atoms with Crippen molar-refractivity contribution in [1.29, 1.82) is 0 Å². The second kappa shape index (κ2) is 6.79. The van der Waals surface area contributed by atoms with E-state index in [0.717, 1.165) is 45.3 Å². The Morgan fingerprint density at radius 3 is 2.89 bits per heavy atom. The van der Waals surface area contributed by atoms with Crippen molar-refractivity contribution in [3.05, 3.63) is 52.9 Å². The average molecular weight is 393 g/mol. The molecule has 1 aliphatic rings. The van der Waals surface area contributed by atoms with E-state index in [1.807, 2.05) is 35.9 Å². The Morgan fingerprint density at radius 1 is 1.18 bits per heavy atom. The van der Waals surface area contributed by atoms with Gasteiger partial charge in [-0.05, 0) is 37.1 Å². The van der Waals surface area contributed by atoms with Gasteiger partial charge in [0.2, 0.25) is 12.7 Å². The van der Waals surface area contributed by atoms with E-state index in [9.17, 15) is 0 Å². The van der Waals surface area contributed by atoms with Crippen LogP contribution in [0, 0.1) is 6.92 Å². The van der Waals surface area contributed by atoms with Crippen molar-refractivity contribution < 1.29 is 9.47 Å². The van der Waals surface area contributed by atoms with Gasteiger partial charge in [-0.3, -0.25) is 4.57 Å². The quantitative estimate of drug-likeness (QED) is 0.551. The topological polar surface area (TPSA) is 74.1 Å². The predicted molar refractivity (Wildman–Crippen MR) is 109 cm³/mol. The van der Waals surface area contributed by atoms with Crippen LogP contribution in [-0.2, 0) is 13.0 Å². The summed E-state index contributed by atoms with van der Waals surface area (Å²) in [6.07, 6.45) is 4.61. The summed E-state index contributed by atoms with van der Waals surface area (Å²) in [5.41, 5.74) is 1.10. The van der Waals surface area contributed by atoms with E-state index in [1.54, 1.807) is 17.5 Å². The number of ether oxygens (including phenoxy) is 2. The number of rotatable bonds is 5. The lowest BCUT2D eigenvalue weighted by molar-refractivity contribution is 0.174. The number of nitrogens with zero attached hydrogens (tertiary/aromatic N) is 4. The summed E-state index contributed by atoms with van der Waals surface area (Å²) in [6, 6.07) is 8.14. The van der Waals surface area contributed by atoms with Crippen molar-refractivity contribution >= 4 is 27.4 Å². The third-order valence-electron chi connectivity index (χ3n) is 4.72. The SMILES string of the molecule is CCc1cc2c(NCc3ccc4c(c3)OCO4)nc(-n3ccnc3C)nc2s1. The molecule has 0 unspecified atom stereocenters. The number of aryl methyl sites for hydroxylation is 2. The molecule has 142 valence electrons. The summed E-state index contributed by atoms with van der Waals surface area (Å²) < 4.78 is 12.8. The fourth-order valence-corrected chi connectivity index (χ4v) is 4.17. The molecule has 3 aromatic heterocycles. The highest BCUT2D eigenvalue weighted by Gasteiger charge is 2.15. The summed E-state index contributed by atoms with van der Waals surface area (Å²) >= 11 is 1.71. The van der Waals surface area contributed by atoms with Gasteiger partial charge in [-0.15, -0.1) is 11.3 Å². The number of anilines is 1. The molecule has 7 nitrogen and oxygen atoms in total. The maximum atomic E-state index is 5.48. The summed E-state index contributed by atoms with van der Waals surface area (Å²) in [5.74, 6) is 3.87. The summed E-state index contributed by atoms with van der Waals surface area (Å²) in [5, 5.41) is 4.53. The third-order valence-corrected chi connectivity index (χ3v) is 5.89. The van der Waals surface area contributed by atoms with E-state index < -0.39 is 0 Å². The summed E-state index contributed by atoms with van der Waals surface area (Å²) in [7, 11) is 0. The molecule has 1 aliphatic heterocycles. The van der Waals surface area contributed by atoms with Crippen LogP contribution >= 0.6 is 11.3 Å². The van der Waals surface area contributed by atoms with E-state index in [4.69, 9.17) is 19.4 Å². The molecular formula is C20H19N5O2S. The van der Waals surface area contributed by atoms with Gasteiger partial charge in [0.25, 0.3) is 0 Å². The Balaban J connectivity index is 1.51. The summed E-state index contributed by atoms with van der Waals surface area (Å²) in [6.45, 7) is 5.00. The number of imidazole rings is 1. The monoisotopic (exact) mass is 393 g/mol. The molecule has 1 aromatic carbocycles. The molecular weight excluding hydrogens is 374 g/mol. The van der Waals surface area contributed by atoms with Crippen LogP contribution in [0.15, 0.2) is 36.7 Å². The number of aromatic nitrogens is 4. The fourth-order valence-electron chi connectivity index (χ4n) is 3.20. The summed E-state index contributed by atoms with van der Waals surface area (Å²) in [4.78, 5) is 16.1. The minimum Gasteiger partial charge on any atom is -0.454 e. The van der Waals surface area contributed by atoms with Gasteiger partial charge in [-0.25, -0.2) is 9.97 Å². The first-order valence-electron chi connectivity index (χ1n) is 9.14. The van der Waals surface area contributed by atoms with Gasteiger partial charge in [0.05, 0.1) is 5.39 Å². The molecule has 4 aromatic rings. The first-order valence-corrected chi connectivity index (χ1v) is 9.96. The second-order valence-electron chi connectivity index (χ2n) is 6.54. The molecule has 0 atom stereocenters. The number of benzene rings is 1. The molecule has 0 saturated heterocycles. The van der Waals surface area contributed by atoms with Gasteiger partial charge in [-0.1, -0.05) is 13.0 Å². The molecule has 0 spiro atoms. The zero-order chi connectivity index (χ0) is 19.1. The fraction of sp³-hybridized carbons (Fsp3) is 0.250. The number of nitrogens with one attached hydrogen (secondary N) is 1. The zero-order valence-electron chi connectivity index (χ0n) is 15.6. The number of hydrogen-bond acceptors (Lipinski definition) is 7. The number of fused-ring (bicyclic) bond motifs is 2. The Hall–Kier alpha value is -3.13. The van der Waals surface area contributed by atoms with Gasteiger partial charge in [-0.2, -0.15) is 4.98 Å². The van der Waals surface area contributed by atoms with Crippen molar-refractivity contribution in [1.82, 2.24) is 19.5 Å². The average Bonchev–Trinajstić information content (AvgIpc) is 3.44. The normalized spacial score (nSPS) is 12.6. The van der Waals surface area contributed by atoms with E-state index in [-0.39, 0.29) is 6.79 Å². The maximum absolute atomic E-state index is 5.48. The lowest BCUT2D eigenvalue weighted by Crippen LogP contribution is -2.07. The highest BCUT2D eigenvalue weighted by Crippen LogP contribution is 2.34. The molecule has 5 rings (SSSR count). The lowest BCUT2D eigenvalue weighted by Gasteiger charge is -2.10. The van der Waals surface area contributed by atoms with Crippen LogP contribution in [0.4, 0.5) is 5.82 Å². The minimum atomic E-state index is 0.279. The lowest BCUT2D eigenvalue weighted by atomic mass is 10.2. The molecule has 28 heavy (non-hydrogen) atoms. The van der Waals surface area contributed by atoms with Gasteiger partial charge < -0.3 is 14.8 Å². The highest BCUT2D eigenvalue weighted by atomic mass is 32.1. The Labute approximate surface area is 166 Å². The van der Waals surface area contributed by atoms with Gasteiger partial charge in [0, 0.05) is 23.8 Å². The van der Waals surface area contributed by atoms with Crippen molar-refractivity contribution in [2.75, 3.05) is 12.1 Å². The molecule has 0 fully saturated rings. The van der Waals surface area contributed by atoms with Crippen molar-refractivity contribution in [2.45, 2.75) is 26.8 Å². The zero-order valence-corrected chi connectivity index (χ0v) is 16.4. The van der Waals surface area contributed by atoms with Gasteiger partial charge in [0.15, 0.2) is 11.5 Å². The second-order valence-corrected chi connectivity index (χ2v) is 7.66. The van der Waals surface area contributed by atoms with Crippen molar-refractivity contribution in [3.8, 4) is 17.4 Å². The molecule has 1 N–H and O–H groups in total. The Morgan fingerprint density at radius 2 is 2.07 bits per heavy atom. The van der Waals surface area contributed by atoms with Gasteiger partial charge >= 0.3 is 0 Å². The Bertz CT molecular complexity index is 1170. The van der Waals surface area contributed by atoms with Gasteiger partial charge in [0.1, 0.15) is 16.5 Å². The number of thiophene rings is 1. The third kappa shape index (κ3) is 2.95. The molecule has 0 aliphatic carbocycles. The molecule has 4 heterocycles. The van der Waals surface area contributed by atoms with Crippen LogP contribution in [0.25, 0.3) is 16.2 Å². The van der Waals surface area contributed by atoms with Crippen LogP contribution in [-0.4, -0.2) is 26.3 Å². The molecule has 8 heteroatoms. The molecule has 0 bridgehead atoms. The van der Waals surface area contributed by atoms with Crippen LogP contribution in [0.5, 0.6) is 11.5 Å². The standard InChI is InChI=1S/C20H19N5O2S/c1-3-14-9-15-18(22-10-13-4-5-16-17(8-13)27-11-26-16)23-20(24-19(15)28-14)25-7-6-21-12(25)2/h4-9H,3,10-11H2,1-2H3,(H,22,23,24). The van der Waals surface area contributed by atoms with E-state index in [1.165, 1.54) is 4.88 Å². The van der Waals surface area contributed by atoms with Crippen LogP contribution < -0.4 is 14.8 Å². The molecule has 0 radical (unpaired) electrons. The van der Waals surface area contributed by atoms with E-state index in [2.05, 4.69) is 23.3 Å². The van der Waals surface area contributed by atoms with Crippen LogP contribution in [0.1, 0.15) is 23.2 Å². The smallest absolute Gasteiger partial charge is 0.238 e. The maximum Gasteiger partial charge on any atom is 0.238 e. The largest absolute Gasteiger partial charge is 0.454 e. The van der Waals surface area contributed by atoms with Crippen molar-refractivity contribution in [3.63, 3.8) is 0 Å². The van der Waals surface area contributed by atoms with Crippen LogP contribution in [0.3, 0.4) is 0 Å². The van der Waals surface area contributed by atoms with Crippen LogP contribution in [0.2, 0.25) is 0 Å².